The molecule has 276 valence electrons. The van der Waals surface area contributed by atoms with Crippen LogP contribution in [-0.2, 0) is 0 Å². The highest BCUT2D eigenvalue weighted by Crippen LogP contribution is 2.42. The van der Waals surface area contributed by atoms with Gasteiger partial charge in [-0.1, -0.05) is 158 Å². The molecule has 0 radical (unpaired) electrons. The first-order valence-electron chi connectivity index (χ1n) is 20.2. The number of fused-ring (bicyclic) bond motifs is 9. The third-order valence-electron chi connectivity index (χ3n) is 12.0. The third-order valence-corrected chi connectivity index (χ3v) is 13.2. The Hall–Kier alpha value is -7.46. The Bertz CT molecular complexity index is 3500. The van der Waals surface area contributed by atoms with E-state index in [1.165, 1.54) is 91.5 Å². The van der Waals surface area contributed by atoms with Crippen molar-refractivity contribution in [2.24, 2.45) is 0 Å². The SMILES string of the molecule is c1ccc(-n2c3ccccc3c3ccccc32)c(-c2ccc(N(c3ccc(-c4ccc5c(c4)sc4c6ccccc6ccc54)cc3)c3ccc4ccccc4c3)cc2)c1. The zero-order valence-electron chi connectivity index (χ0n) is 32.1. The number of benzene rings is 10. The van der Waals surface area contributed by atoms with E-state index < -0.39 is 0 Å². The van der Waals surface area contributed by atoms with Gasteiger partial charge < -0.3 is 9.47 Å². The van der Waals surface area contributed by atoms with Gasteiger partial charge in [0.25, 0.3) is 0 Å². The molecule has 0 saturated heterocycles. The van der Waals surface area contributed by atoms with Crippen LogP contribution in [0.1, 0.15) is 0 Å². The maximum absolute atomic E-state index is 2.41. The molecule has 10 aromatic carbocycles. The second-order valence-corrected chi connectivity index (χ2v) is 16.4. The molecule has 0 aliphatic heterocycles. The van der Waals surface area contributed by atoms with Crippen molar-refractivity contribution in [2.45, 2.75) is 0 Å². The van der Waals surface area contributed by atoms with Crippen LogP contribution in [0.4, 0.5) is 17.1 Å². The Kier molecular flexibility index (Phi) is 7.75. The molecule has 0 atom stereocenters. The van der Waals surface area contributed by atoms with Crippen molar-refractivity contribution in [3.8, 4) is 27.9 Å². The van der Waals surface area contributed by atoms with Crippen molar-refractivity contribution >= 4 is 91.9 Å². The van der Waals surface area contributed by atoms with Gasteiger partial charge in [0.15, 0.2) is 0 Å². The van der Waals surface area contributed by atoms with Crippen LogP contribution in [0.2, 0.25) is 0 Å². The van der Waals surface area contributed by atoms with Crippen molar-refractivity contribution in [2.75, 3.05) is 4.90 Å². The summed E-state index contributed by atoms with van der Waals surface area (Å²) in [6, 6.07) is 79.9. The number of thiophene rings is 1. The summed E-state index contributed by atoms with van der Waals surface area (Å²) >= 11 is 1.89. The standard InChI is InChI=1S/C56H36N2S/c1-2-13-41-35-45(32-23-37(41)11-1)57(43-28-21-38(22-29-43)42-27-33-50-51-34-26-39-12-3-4-15-47(39)56(51)59-55(50)36-42)44-30-24-40(25-31-44)46-14-5-8-18-52(46)58-53-19-9-6-16-48(53)49-17-7-10-20-54(49)58/h1-36H. The van der Waals surface area contributed by atoms with Gasteiger partial charge in [-0.25, -0.2) is 0 Å². The zero-order chi connectivity index (χ0) is 38.9. The number of aromatic nitrogens is 1. The molecule has 0 spiro atoms. The molecular weight excluding hydrogens is 733 g/mol. The van der Waals surface area contributed by atoms with Gasteiger partial charge in [-0.05, 0) is 98.9 Å². The van der Waals surface area contributed by atoms with E-state index >= 15 is 0 Å². The van der Waals surface area contributed by atoms with Crippen molar-refractivity contribution in [3.63, 3.8) is 0 Å². The Morgan fingerprint density at radius 1 is 0.339 bits per heavy atom. The summed E-state index contributed by atoms with van der Waals surface area (Å²) in [4.78, 5) is 2.37. The molecule has 0 N–H and O–H groups in total. The summed E-state index contributed by atoms with van der Waals surface area (Å²) in [7, 11) is 0. The van der Waals surface area contributed by atoms with Crippen molar-refractivity contribution in [3.05, 3.63) is 218 Å². The molecule has 0 bridgehead atoms. The van der Waals surface area contributed by atoms with E-state index in [1.807, 2.05) is 11.3 Å². The molecule has 2 nitrogen and oxygen atoms in total. The quantitative estimate of drug-likeness (QED) is 0.164. The number of para-hydroxylation sites is 3. The lowest BCUT2D eigenvalue weighted by atomic mass is 10.0. The minimum absolute atomic E-state index is 1.10. The van der Waals surface area contributed by atoms with Gasteiger partial charge >= 0.3 is 0 Å². The maximum atomic E-state index is 2.41. The first-order chi connectivity index (χ1) is 29.2. The minimum Gasteiger partial charge on any atom is -0.310 e. The molecule has 12 aromatic rings. The smallest absolute Gasteiger partial charge is 0.0541 e. The highest BCUT2D eigenvalue weighted by atomic mass is 32.1. The van der Waals surface area contributed by atoms with Gasteiger partial charge in [-0.15, -0.1) is 11.3 Å². The second-order valence-electron chi connectivity index (χ2n) is 15.3. The normalized spacial score (nSPS) is 11.7. The first kappa shape index (κ1) is 33.7. The zero-order valence-corrected chi connectivity index (χ0v) is 32.9. The average Bonchev–Trinajstić information content (AvgIpc) is 3.85. The van der Waals surface area contributed by atoms with Gasteiger partial charge in [0.1, 0.15) is 0 Å². The van der Waals surface area contributed by atoms with Gasteiger partial charge in [0, 0.05) is 53.6 Å². The number of anilines is 3. The van der Waals surface area contributed by atoms with Crippen LogP contribution in [0.5, 0.6) is 0 Å². The summed E-state index contributed by atoms with van der Waals surface area (Å²) < 4.78 is 5.09. The van der Waals surface area contributed by atoms with E-state index in [-0.39, 0.29) is 0 Å². The van der Waals surface area contributed by atoms with Gasteiger partial charge in [0.2, 0.25) is 0 Å². The lowest BCUT2D eigenvalue weighted by Crippen LogP contribution is -2.10. The Balaban J connectivity index is 0.940. The van der Waals surface area contributed by atoms with Gasteiger partial charge in [0.05, 0.1) is 16.7 Å². The molecule has 2 heterocycles. The van der Waals surface area contributed by atoms with E-state index in [0.29, 0.717) is 0 Å². The fourth-order valence-corrected chi connectivity index (χ4v) is 10.4. The van der Waals surface area contributed by atoms with Crippen molar-refractivity contribution < 1.29 is 0 Å². The second kappa shape index (κ2) is 13.6. The third kappa shape index (κ3) is 5.55. The fourth-order valence-electron chi connectivity index (χ4n) is 9.13. The molecule has 12 rings (SSSR count). The number of nitrogens with zero attached hydrogens (tertiary/aromatic N) is 2. The lowest BCUT2D eigenvalue weighted by Gasteiger charge is -2.26. The molecule has 0 fully saturated rings. The van der Waals surface area contributed by atoms with E-state index in [2.05, 4.69) is 228 Å². The summed E-state index contributed by atoms with van der Waals surface area (Å²) in [5.41, 5.74) is 11.7. The Morgan fingerprint density at radius 2 is 0.881 bits per heavy atom. The largest absolute Gasteiger partial charge is 0.310 e. The van der Waals surface area contributed by atoms with Crippen LogP contribution in [0.25, 0.3) is 91.5 Å². The molecular formula is C56H36N2S. The number of hydrogen-bond donors (Lipinski definition) is 0. The lowest BCUT2D eigenvalue weighted by molar-refractivity contribution is 1.18. The predicted octanol–water partition coefficient (Wildman–Crippen LogP) is 16.3. The molecule has 59 heavy (non-hydrogen) atoms. The topological polar surface area (TPSA) is 8.17 Å². The summed E-state index contributed by atoms with van der Waals surface area (Å²) in [6.45, 7) is 0. The monoisotopic (exact) mass is 768 g/mol. The first-order valence-corrected chi connectivity index (χ1v) is 21.0. The Labute approximate surface area is 346 Å². The molecule has 0 aliphatic carbocycles. The van der Waals surface area contributed by atoms with E-state index in [9.17, 15) is 0 Å². The molecule has 0 unspecified atom stereocenters. The minimum atomic E-state index is 1.10. The average molecular weight is 769 g/mol. The highest BCUT2D eigenvalue weighted by Gasteiger charge is 2.18. The number of hydrogen-bond acceptors (Lipinski definition) is 2. The summed E-state index contributed by atoms with van der Waals surface area (Å²) in [6.07, 6.45) is 0. The van der Waals surface area contributed by atoms with E-state index in [0.717, 1.165) is 17.1 Å². The van der Waals surface area contributed by atoms with Crippen LogP contribution in [0.3, 0.4) is 0 Å². The molecule has 0 saturated carbocycles. The van der Waals surface area contributed by atoms with Crippen LogP contribution in [-0.4, -0.2) is 4.57 Å². The molecule has 2 aromatic heterocycles. The van der Waals surface area contributed by atoms with Crippen LogP contribution in [0.15, 0.2) is 218 Å². The summed E-state index contributed by atoms with van der Waals surface area (Å²) in [5.74, 6) is 0. The molecule has 0 amide bonds. The molecule has 0 aliphatic rings. The highest BCUT2D eigenvalue weighted by molar-refractivity contribution is 7.26. The maximum Gasteiger partial charge on any atom is 0.0541 e. The van der Waals surface area contributed by atoms with Crippen molar-refractivity contribution in [1.29, 1.82) is 0 Å². The van der Waals surface area contributed by atoms with Crippen LogP contribution in [0, 0.1) is 0 Å². The fraction of sp³-hybridized carbons (Fsp3) is 0. The predicted molar refractivity (Wildman–Crippen MR) is 254 cm³/mol. The van der Waals surface area contributed by atoms with Gasteiger partial charge in [-0.3, -0.25) is 0 Å². The van der Waals surface area contributed by atoms with E-state index in [1.54, 1.807) is 0 Å². The van der Waals surface area contributed by atoms with Gasteiger partial charge in [-0.2, -0.15) is 0 Å². The molecule has 3 heteroatoms. The van der Waals surface area contributed by atoms with Crippen molar-refractivity contribution in [1.82, 2.24) is 4.57 Å². The van der Waals surface area contributed by atoms with E-state index in [4.69, 9.17) is 0 Å². The van der Waals surface area contributed by atoms with Crippen LogP contribution >= 0.6 is 11.3 Å². The summed E-state index contributed by atoms with van der Waals surface area (Å²) in [5, 5.41) is 10.2. The Morgan fingerprint density at radius 3 is 1.63 bits per heavy atom. The number of rotatable bonds is 6. The van der Waals surface area contributed by atoms with Crippen LogP contribution < -0.4 is 4.90 Å².